The molecule has 2 aromatic rings. The quantitative estimate of drug-likeness (QED) is 0.808. The van der Waals surface area contributed by atoms with Crippen LogP contribution in [0.2, 0.25) is 0 Å². The summed E-state index contributed by atoms with van der Waals surface area (Å²) >= 11 is 1.57. The lowest BCUT2D eigenvalue weighted by Crippen LogP contribution is -1.95. The summed E-state index contributed by atoms with van der Waals surface area (Å²) < 4.78 is 0.954. The first-order valence-corrected chi connectivity index (χ1v) is 6.80. The van der Waals surface area contributed by atoms with Gasteiger partial charge in [0.05, 0.1) is 15.8 Å². The predicted octanol–water partition coefficient (Wildman–Crippen LogP) is 4.15. The molecule has 0 bridgehead atoms. The molecule has 0 aliphatic carbocycles. The third-order valence-electron chi connectivity index (χ3n) is 2.98. The molecule has 3 heteroatoms. The topological polar surface area (TPSA) is 47.6 Å². The number of thiophene rings is 1. The molecule has 2 nitrogen and oxygen atoms in total. The van der Waals surface area contributed by atoms with E-state index in [9.17, 15) is 10.5 Å². The van der Waals surface area contributed by atoms with Crippen molar-refractivity contribution in [2.45, 2.75) is 27.2 Å². The lowest BCUT2D eigenvalue weighted by atomic mass is 9.95. The summed E-state index contributed by atoms with van der Waals surface area (Å²) in [5, 5.41) is 21.6. The second kappa shape index (κ2) is 4.80. The van der Waals surface area contributed by atoms with E-state index < -0.39 is 0 Å². The molecule has 18 heavy (non-hydrogen) atoms. The molecule has 0 radical (unpaired) electrons. The van der Waals surface area contributed by atoms with Gasteiger partial charge in [-0.05, 0) is 41.8 Å². The van der Waals surface area contributed by atoms with Crippen LogP contribution in [-0.4, -0.2) is 0 Å². The SMILES string of the molecule is Cc1cc(C#N)c2scc(CC(C)C)c2c1C#N. The molecule has 0 saturated heterocycles. The smallest absolute Gasteiger partial charge is 0.101 e. The highest BCUT2D eigenvalue weighted by atomic mass is 32.1. The Morgan fingerprint density at radius 3 is 2.56 bits per heavy atom. The van der Waals surface area contributed by atoms with Crippen LogP contribution >= 0.6 is 11.3 Å². The molecule has 0 N–H and O–H groups in total. The Balaban J connectivity index is 2.82. The number of hydrogen-bond donors (Lipinski definition) is 0. The summed E-state index contributed by atoms with van der Waals surface area (Å²) in [6, 6.07) is 6.33. The maximum Gasteiger partial charge on any atom is 0.101 e. The number of fused-ring (bicyclic) bond motifs is 1. The van der Waals surface area contributed by atoms with Crippen LogP contribution in [0.15, 0.2) is 11.4 Å². The fourth-order valence-corrected chi connectivity index (χ4v) is 3.29. The molecular formula is C15H14N2S. The van der Waals surface area contributed by atoms with Crippen molar-refractivity contribution in [3.63, 3.8) is 0 Å². The number of rotatable bonds is 2. The van der Waals surface area contributed by atoms with Gasteiger partial charge in [-0.15, -0.1) is 11.3 Å². The highest BCUT2D eigenvalue weighted by Crippen LogP contribution is 2.34. The van der Waals surface area contributed by atoms with Crippen LogP contribution in [0.5, 0.6) is 0 Å². The second-order valence-electron chi connectivity index (χ2n) is 4.90. The second-order valence-corrected chi connectivity index (χ2v) is 5.78. The van der Waals surface area contributed by atoms with Gasteiger partial charge in [0.25, 0.3) is 0 Å². The molecule has 0 amide bonds. The number of aryl methyl sites for hydroxylation is 1. The highest BCUT2D eigenvalue weighted by Gasteiger charge is 2.15. The van der Waals surface area contributed by atoms with Crippen molar-refractivity contribution in [1.29, 1.82) is 10.5 Å². The fraction of sp³-hybridized carbons (Fsp3) is 0.333. The van der Waals surface area contributed by atoms with Crippen molar-refractivity contribution in [2.24, 2.45) is 5.92 Å². The normalized spacial score (nSPS) is 10.6. The summed E-state index contributed by atoms with van der Waals surface area (Å²) in [4.78, 5) is 0. The first kappa shape index (κ1) is 12.6. The van der Waals surface area contributed by atoms with Gasteiger partial charge in [-0.25, -0.2) is 0 Å². The van der Waals surface area contributed by atoms with E-state index >= 15 is 0 Å². The van der Waals surface area contributed by atoms with Gasteiger partial charge in [0.2, 0.25) is 0 Å². The molecule has 1 aromatic carbocycles. The summed E-state index contributed by atoms with van der Waals surface area (Å²) in [6.45, 7) is 6.22. The number of hydrogen-bond acceptors (Lipinski definition) is 3. The molecule has 0 unspecified atom stereocenters. The van der Waals surface area contributed by atoms with E-state index in [0.29, 0.717) is 11.5 Å². The Morgan fingerprint density at radius 1 is 1.28 bits per heavy atom. The lowest BCUT2D eigenvalue weighted by Gasteiger charge is -2.07. The molecule has 0 fully saturated rings. The molecular weight excluding hydrogens is 240 g/mol. The van der Waals surface area contributed by atoms with Crippen LogP contribution in [-0.2, 0) is 6.42 Å². The average molecular weight is 254 g/mol. The van der Waals surface area contributed by atoms with Crippen LogP contribution < -0.4 is 0 Å². The van der Waals surface area contributed by atoms with Gasteiger partial charge < -0.3 is 0 Å². The maximum atomic E-state index is 9.33. The predicted molar refractivity (Wildman–Crippen MR) is 74.5 cm³/mol. The Kier molecular flexibility index (Phi) is 3.36. The Bertz CT molecular complexity index is 681. The summed E-state index contributed by atoms with van der Waals surface area (Å²) in [7, 11) is 0. The molecule has 1 aromatic heterocycles. The molecule has 0 aliphatic heterocycles. The zero-order valence-electron chi connectivity index (χ0n) is 10.7. The van der Waals surface area contributed by atoms with Gasteiger partial charge >= 0.3 is 0 Å². The van der Waals surface area contributed by atoms with E-state index in [2.05, 4.69) is 31.4 Å². The zero-order chi connectivity index (χ0) is 13.3. The van der Waals surface area contributed by atoms with Crippen LogP contribution in [0.25, 0.3) is 10.1 Å². The van der Waals surface area contributed by atoms with Crippen molar-refractivity contribution < 1.29 is 0 Å². The van der Waals surface area contributed by atoms with Crippen molar-refractivity contribution in [3.8, 4) is 12.1 Å². The summed E-state index contributed by atoms with van der Waals surface area (Å²) in [6.07, 6.45) is 0.947. The van der Waals surface area contributed by atoms with Gasteiger partial charge in [-0.1, -0.05) is 13.8 Å². The van der Waals surface area contributed by atoms with Gasteiger partial charge in [0.1, 0.15) is 12.1 Å². The van der Waals surface area contributed by atoms with Gasteiger partial charge in [0, 0.05) is 5.39 Å². The van der Waals surface area contributed by atoms with Crippen LogP contribution in [0, 0.1) is 35.5 Å². The third kappa shape index (κ3) is 1.98. The van der Waals surface area contributed by atoms with Gasteiger partial charge in [-0.2, -0.15) is 10.5 Å². The van der Waals surface area contributed by atoms with Crippen molar-refractivity contribution in [2.75, 3.05) is 0 Å². The fourth-order valence-electron chi connectivity index (χ4n) is 2.23. The van der Waals surface area contributed by atoms with E-state index in [1.54, 1.807) is 11.3 Å². The van der Waals surface area contributed by atoms with E-state index in [4.69, 9.17) is 0 Å². The Labute approximate surface area is 111 Å². The van der Waals surface area contributed by atoms with Crippen LogP contribution in [0.1, 0.15) is 36.1 Å². The Hall–Kier alpha value is -1.84. The highest BCUT2D eigenvalue weighted by molar-refractivity contribution is 7.17. The first-order chi connectivity index (χ1) is 8.58. The molecule has 90 valence electrons. The van der Waals surface area contributed by atoms with E-state index in [1.807, 2.05) is 13.0 Å². The largest absolute Gasteiger partial charge is 0.192 e. The van der Waals surface area contributed by atoms with Crippen LogP contribution in [0.4, 0.5) is 0 Å². The minimum Gasteiger partial charge on any atom is -0.192 e. The van der Waals surface area contributed by atoms with Crippen molar-refractivity contribution >= 4 is 21.4 Å². The third-order valence-corrected chi connectivity index (χ3v) is 4.04. The Morgan fingerprint density at radius 2 is 2.00 bits per heavy atom. The van der Waals surface area contributed by atoms with Crippen LogP contribution in [0.3, 0.4) is 0 Å². The standard InChI is InChI=1S/C15H14N2S/c1-9(2)4-12-8-18-15-11(6-16)5-10(3)13(7-17)14(12)15/h5,8-9H,4H2,1-3H3. The number of nitriles is 2. The average Bonchev–Trinajstić information content (AvgIpc) is 2.71. The summed E-state index contributed by atoms with van der Waals surface area (Å²) in [5.41, 5.74) is 3.49. The summed E-state index contributed by atoms with van der Waals surface area (Å²) in [5.74, 6) is 0.542. The molecule has 0 saturated carbocycles. The van der Waals surface area contributed by atoms with E-state index in [1.165, 1.54) is 5.56 Å². The van der Waals surface area contributed by atoms with E-state index in [-0.39, 0.29) is 0 Å². The van der Waals surface area contributed by atoms with Gasteiger partial charge in [0.15, 0.2) is 0 Å². The first-order valence-electron chi connectivity index (χ1n) is 5.92. The molecule has 0 atom stereocenters. The zero-order valence-corrected chi connectivity index (χ0v) is 11.6. The number of nitrogens with zero attached hydrogens (tertiary/aromatic N) is 2. The lowest BCUT2D eigenvalue weighted by molar-refractivity contribution is 0.651. The van der Waals surface area contributed by atoms with Crippen molar-refractivity contribution in [1.82, 2.24) is 0 Å². The molecule has 2 rings (SSSR count). The minimum atomic E-state index is 0.542. The minimum absolute atomic E-state index is 0.542. The maximum absolute atomic E-state index is 9.33. The van der Waals surface area contributed by atoms with Gasteiger partial charge in [-0.3, -0.25) is 0 Å². The molecule has 0 spiro atoms. The van der Waals surface area contributed by atoms with Crippen molar-refractivity contribution in [3.05, 3.63) is 33.7 Å². The molecule has 1 heterocycles. The number of benzene rings is 1. The molecule has 0 aliphatic rings. The monoisotopic (exact) mass is 254 g/mol. The van der Waals surface area contributed by atoms with E-state index in [0.717, 1.165) is 27.6 Å².